The Labute approximate surface area is 166 Å². The third-order valence-electron chi connectivity index (χ3n) is 3.92. The van der Waals surface area contributed by atoms with Crippen LogP contribution in [0.3, 0.4) is 0 Å². The Hall–Kier alpha value is -2.44. The van der Waals surface area contributed by atoms with Crippen LogP contribution in [0, 0.1) is 0 Å². The van der Waals surface area contributed by atoms with E-state index in [-0.39, 0.29) is 12.6 Å². The maximum atomic E-state index is 12.1. The second kappa shape index (κ2) is 8.50. The summed E-state index contributed by atoms with van der Waals surface area (Å²) < 4.78 is 16.0. The van der Waals surface area contributed by atoms with Crippen LogP contribution >= 0.6 is 23.2 Å². The number of para-hydroxylation sites is 2. The molecule has 0 saturated heterocycles. The van der Waals surface area contributed by atoms with Crippen molar-refractivity contribution >= 4 is 35.1 Å². The summed E-state index contributed by atoms with van der Waals surface area (Å²) in [5, 5.41) is 3.66. The summed E-state index contributed by atoms with van der Waals surface area (Å²) in [4.78, 5) is 24.2. The third kappa shape index (κ3) is 4.84. The van der Waals surface area contributed by atoms with E-state index >= 15 is 0 Å². The summed E-state index contributed by atoms with van der Waals surface area (Å²) in [7, 11) is 0. The lowest BCUT2D eigenvalue weighted by atomic mass is 10.1. The molecule has 0 radical (unpaired) electrons. The molecule has 0 aromatic heterocycles. The van der Waals surface area contributed by atoms with E-state index in [0.29, 0.717) is 27.1 Å². The predicted molar refractivity (Wildman–Crippen MR) is 100 cm³/mol. The number of rotatable bonds is 5. The summed E-state index contributed by atoms with van der Waals surface area (Å²) in [6, 6.07) is 11.6. The quantitative estimate of drug-likeness (QED) is 0.764. The number of carbonyl (C=O) groups is 2. The number of carbonyl (C=O) groups excluding carboxylic acids is 2. The molecular formula is C19H17Cl2NO5. The van der Waals surface area contributed by atoms with Gasteiger partial charge in [0.25, 0.3) is 5.91 Å². The Morgan fingerprint density at radius 2 is 1.96 bits per heavy atom. The van der Waals surface area contributed by atoms with Gasteiger partial charge in [-0.1, -0.05) is 41.4 Å². The summed E-state index contributed by atoms with van der Waals surface area (Å²) in [6.45, 7) is 1.36. The Morgan fingerprint density at radius 3 is 2.70 bits per heavy atom. The van der Waals surface area contributed by atoms with E-state index in [1.54, 1.807) is 49.4 Å². The average Bonchev–Trinajstić information content (AvgIpc) is 2.65. The number of hydrogen-bond donors (Lipinski definition) is 1. The zero-order valence-corrected chi connectivity index (χ0v) is 15.9. The maximum absolute atomic E-state index is 12.1. The fraction of sp³-hybridized carbons (Fsp3) is 0.263. The molecule has 0 fully saturated rings. The zero-order valence-electron chi connectivity index (χ0n) is 14.4. The number of nitrogens with one attached hydrogen (secondary N) is 1. The monoisotopic (exact) mass is 409 g/mol. The van der Waals surface area contributed by atoms with Gasteiger partial charge in [-0.15, -0.1) is 0 Å². The van der Waals surface area contributed by atoms with Gasteiger partial charge in [0, 0.05) is 10.0 Å². The zero-order chi connectivity index (χ0) is 19.4. The van der Waals surface area contributed by atoms with Crippen LogP contribution in [-0.2, 0) is 14.3 Å². The van der Waals surface area contributed by atoms with E-state index in [1.165, 1.54) is 0 Å². The second-order valence-electron chi connectivity index (χ2n) is 5.93. The van der Waals surface area contributed by atoms with Gasteiger partial charge in [-0.05, 0) is 36.8 Å². The lowest BCUT2D eigenvalue weighted by Crippen LogP contribution is -2.40. The van der Waals surface area contributed by atoms with Gasteiger partial charge in [0.2, 0.25) is 6.10 Å². The van der Waals surface area contributed by atoms with Crippen molar-refractivity contribution in [3.63, 3.8) is 0 Å². The molecular weight excluding hydrogens is 393 g/mol. The van der Waals surface area contributed by atoms with Gasteiger partial charge in [-0.3, -0.25) is 4.79 Å². The molecule has 142 valence electrons. The highest BCUT2D eigenvalue weighted by Crippen LogP contribution is 2.31. The van der Waals surface area contributed by atoms with E-state index in [2.05, 4.69) is 5.32 Å². The Bertz CT molecular complexity index is 858. The van der Waals surface area contributed by atoms with Crippen LogP contribution < -0.4 is 14.8 Å². The smallest absolute Gasteiger partial charge is 0.351 e. The number of benzene rings is 2. The number of amides is 1. The average molecular weight is 410 g/mol. The second-order valence-corrected chi connectivity index (χ2v) is 6.77. The molecule has 27 heavy (non-hydrogen) atoms. The highest BCUT2D eigenvalue weighted by Gasteiger charge is 2.29. The van der Waals surface area contributed by atoms with E-state index in [9.17, 15) is 9.59 Å². The van der Waals surface area contributed by atoms with E-state index in [1.807, 2.05) is 0 Å². The van der Waals surface area contributed by atoms with Crippen LogP contribution in [0.4, 0.5) is 0 Å². The molecule has 1 N–H and O–H groups in total. The fourth-order valence-electron chi connectivity index (χ4n) is 2.58. The minimum absolute atomic E-state index is 0.0221. The molecule has 2 aromatic carbocycles. The Kier molecular flexibility index (Phi) is 6.08. The molecule has 1 aliphatic rings. The first-order chi connectivity index (χ1) is 12.9. The normalized spacial score (nSPS) is 16.3. The van der Waals surface area contributed by atoms with Crippen LogP contribution in [0.1, 0.15) is 18.5 Å². The number of ether oxygens (including phenoxy) is 3. The molecule has 2 atom stereocenters. The highest BCUT2D eigenvalue weighted by molar-refractivity contribution is 6.35. The largest absolute Gasteiger partial charge is 0.485 e. The summed E-state index contributed by atoms with van der Waals surface area (Å²) in [6.07, 6.45) is -0.921. The number of hydrogen-bond acceptors (Lipinski definition) is 5. The van der Waals surface area contributed by atoms with Gasteiger partial charge in [0.05, 0.1) is 6.04 Å². The summed E-state index contributed by atoms with van der Waals surface area (Å²) in [5.74, 6) is -0.107. The molecule has 1 aliphatic heterocycles. The molecule has 2 aromatic rings. The lowest BCUT2D eigenvalue weighted by molar-refractivity contribution is -0.157. The van der Waals surface area contributed by atoms with Gasteiger partial charge in [0.15, 0.2) is 18.1 Å². The van der Waals surface area contributed by atoms with Crippen LogP contribution in [0.2, 0.25) is 10.0 Å². The Balaban J connectivity index is 1.49. The predicted octanol–water partition coefficient (Wildman–Crippen LogP) is 3.55. The SMILES string of the molecule is CC(NC(=O)COC(=O)C1COc2ccccc2O1)c1ccc(Cl)cc1Cl. The van der Waals surface area contributed by atoms with E-state index < -0.39 is 24.6 Å². The first-order valence-corrected chi connectivity index (χ1v) is 8.99. The number of esters is 1. The first-order valence-electron chi connectivity index (χ1n) is 8.23. The molecule has 8 heteroatoms. The van der Waals surface area contributed by atoms with Crippen LogP contribution in [0.15, 0.2) is 42.5 Å². The summed E-state index contributed by atoms with van der Waals surface area (Å²) in [5.41, 5.74) is 0.710. The molecule has 6 nitrogen and oxygen atoms in total. The number of fused-ring (bicyclic) bond motifs is 1. The van der Waals surface area contributed by atoms with Gasteiger partial charge >= 0.3 is 5.97 Å². The van der Waals surface area contributed by atoms with Crippen molar-refractivity contribution in [2.45, 2.75) is 19.1 Å². The first kappa shape index (κ1) is 19.3. The molecule has 1 heterocycles. The molecule has 0 aliphatic carbocycles. The third-order valence-corrected chi connectivity index (χ3v) is 4.49. The summed E-state index contributed by atoms with van der Waals surface area (Å²) >= 11 is 12.0. The molecule has 3 rings (SSSR count). The van der Waals surface area contributed by atoms with Crippen molar-refractivity contribution in [1.29, 1.82) is 0 Å². The molecule has 0 spiro atoms. The molecule has 0 bridgehead atoms. The minimum atomic E-state index is -0.921. The van der Waals surface area contributed by atoms with Crippen molar-refractivity contribution in [3.05, 3.63) is 58.1 Å². The van der Waals surface area contributed by atoms with Gasteiger partial charge in [-0.2, -0.15) is 0 Å². The van der Waals surface area contributed by atoms with E-state index in [0.717, 1.165) is 0 Å². The van der Waals surface area contributed by atoms with Crippen molar-refractivity contribution in [2.24, 2.45) is 0 Å². The van der Waals surface area contributed by atoms with Crippen molar-refractivity contribution in [3.8, 4) is 11.5 Å². The minimum Gasteiger partial charge on any atom is -0.485 e. The molecule has 1 amide bonds. The van der Waals surface area contributed by atoms with Gasteiger partial charge < -0.3 is 19.5 Å². The molecule has 0 saturated carbocycles. The standard InChI is InChI=1S/C19H17Cl2NO5/c1-11(13-7-6-12(20)8-14(13)21)22-18(23)10-26-19(24)17-9-25-15-4-2-3-5-16(15)27-17/h2-8,11,17H,9-10H2,1H3,(H,22,23). The number of halogens is 2. The fourth-order valence-corrected chi connectivity index (χ4v) is 3.15. The Morgan fingerprint density at radius 1 is 1.22 bits per heavy atom. The van der Waals surface area contributed by atoms with Crippen molar-refractivity contribution in [1.82, 2.24) is 5.32 Å². The van der Waals surface area contributed by atoms with Crippen molar-refractivity contribution < 1.29 is 23.8 Å². The maximum Gasteiger partial charge on any atom is 0.351 e. The topological polar surface area (TPSA) is 73.9 Å². The lowest BCUT2D eigenvalue weighted by Gasteiger charge is -2.25. The molecule has 2 unspecified atom stereocenters. The van der Waals surface area contributed by atoms with Crippen molar-refractivity contribution in [2.75, 3.05) is 13.2 Å². The van der Waals surface area contributed by atoms with Gasteiger partial charge in [-0.25, -0.2) is 4.79 Å². The van der Waals surface area contributed by atoms with Gasteiger partial charge in [0.1, 0.15) is 6.61 Å². The highest BCUT2D eigenvalue weighted by atomic mass is 35.5. The van der Waals surface area contributed by atoms with Crippen LogP contribution in [-0.4, -0.2) is 31.2 Å². The van der Waals surface area contributed by atoms with Crippen LogP contribution in [0.5, 0.6) is 11.5 Å². The van der Waals surface area contributed by atoms with Crippen LogP contribution in [0.25, 0.3) is 0 Å². The van der Waals surface area contributed by atoms with E-state index in [4.69, 9.17) is 37.4 Å².